The van der Waals surface area contributed by atoms with Crippen LogP contribution in [0.15, 0.2) is 65.7 Å². The van der Waals surface area contributed by atoms with Crippen molar-refractivity contribution in [2.45, 2.75) is 32.4 Å². The van der Waals surface area contributed by atoms with Crippen LogP contribution in [0.5, 0.6) is 0 Å². The smallest absolute Gasteiger partial charge is 0.330 e. The number of imidazole rings is 1. The molecule has 33 heavy (non-hydrogen) atoms. The highest BCUT2D eigenvalue weighted by Gasteiger charge is 2.29. The summed E-state index contributed by atoms with van der Waals surface area (Å²) < 4.78 is 17.0. The molecule has 0 unspecified atom stereocenters. The summed E-state index contributed by atoms with van der Waals surface area (Å²) in [5, 5.41) is 0. The van der Waals surface area contributed by atoms with E-state index in [0.29, 0.717) is 41.1 Å². The van der Waals surface area contributed by atoms with Gasteiger partial charge in [-0.05, 0) is 61.7 Å². The van der Waals surface area contributed by atoms with Crippen molar-refractivity contribution in [1.82, 2.24) is 24.0 Å². The van der Waals surface area contributed by atoms with Crippen LogP contribution in [0.2, 0.25) is 0 Å². The number of piperidine rings is 1. The van der Waals surface area contributed by atoms with Crippen molar-refractivity contribution >= 4 is 17.1 Å². The van der Waals surface area contributed by atoms with Crippen LogP contribution in [-0.2, 0) is 6.54 Å². The maximum Gasteiger partial charge on any atom is 0.330 e. The number of amides is 1. The van der Waals surface area contributed by atoms with Crippen LogP contribution >= 0.6 is 0 Å². The molecule has 168 valence electrons. The Morgan fingerprint density at radius 1 is 1.12 bits per heavy atom. The molecule has 3 aromatic heterocycles. The molecule has 8 heteroatoms. The van der Waals surface area contributed by atoms with Crippen molar-refractivity contribution in [1.29, 1.82) is 0 Å². The van der Waals surface area contributed by atoms with Gasteiger partial charge in [-0.25, -0.2) is 14.2 Å². The zero-order valence-corrected chi connectivity index (χ0v) is 18.3. The van der Waals surface area contributed by atoms with E-state index in [9.17, 15) is 14.0 Å². The minimum atomic E-state index is -0.338. The summed E-state index contributed by atoms with van der Waals surface area (Å²) in [6.07, 6.45) is 4.89. The monoisotopic (exact) mass is 445 g/mol. The molecule has 0 spiro atoms. The van der Waals surface area contributed by atoms with Gasteiger partial charge in [0.25, 0.3) is 5.91 Å². The zero-order valence-electron chi connectivity index (χ0n) is 18.3. The second-order valence-electron chi connectivity index (χ2n) is 8.40. The Kier molecular flexibility index (Phi) is 5.50. The molecule has 4 heterocycles. The van der Waals surface area contributed by atoms with Crippen LogP contribution in [0, 0.1) is 12.7 Å². The number of nitrogens with zero attached hydrogens (tertiary/aromatic N) is 5. The average molecular weight is 445 g/mol. The van der Waals surface area contributed by atoms with Gasteiger partial charge in [0.15, 0.2) is 5.65 Å². The van der Waals surface area contributed by atoms with Gasteiger partial charge >= 0.3 is 5.69 Å². The highest BCUT2D eigenvalue weighted by molar-refractivity contribution is 5.95. The topological polar surface area (TPSA) is 73.0 Å². The van der Waals surface area contributed by atoms with Gasteiger partial charge in [0.2, 0.25) is 0 Å². The fourth-order valence-electron chi connectivity index (χ4n) is 4.64. The van der Waals surface area contributed by atoms with Crippen LogP contribution in [0.3, 0.4) is 0 Å². The lowest BCUT2D eigenvalue weighted by Gasteiger charge is -2.33. The fraction of sp³-hybridized carbons (Fsp3) is 0.280. The van der Waals surface area contributed by atoms with Gasteiger partial charge in [-0.1, -0.05) is 12.1 Å². The first-order valence-electron chi connectivity index (χ1n) is 11.0. The van der Waals surface area contributed by atoms with Gasteiger partial charge < -0.3 is 4.90 Å². The van der Waals surface area contributed by atoms with Crippen molar-refractivity contribution in [3.05, 3.63) is 94.0 Å². The van der Waals surface area contributed by atoms with Crippen molar-refractivity contribution in [2.75, 3.05) is 13.1 Å². The Hall–Kier alpha value is -3.81. The second kappa shape index (κ2) is 8.61. The van der Waals surface area contributed by atoms with E-state index in [2.05, 4.69) is 9.97 Å². The van der Waals surface area contributed by atoms with Crippen LogP contribution in [0.1, 0.15) is 40.5 Å². The van der Waals surface area contributed by atoms with E-state index < -0.39 is 0 Å². The number of aromatic nitrogens is 4. The van der Waals surface area contributed by atoms with Crippen LogP contribution in [0.4, 0.5) is 4.39 Å². The second-order valence-corrected chi connectivity index (χ2v) is 8.40. The van der Waals surface area contributed by atoms with Crippen molar-refractivity contribution in [3.8, 4) is 0 Å². The molecule has 1 aromatic carbocycles. The number of carbonyl (C=O) groups excluding carboxylic acids is 1. The summed E-state index contributed by atoms with van der Waals surface area (Å²) in [5.74, 6) is -0.413. The minimum absolute atomic E-state index is 0.0743. The molecule has 5 rings (SSSR count). The summed E-state index contributed by atoms with van der Waals surface area (Å²) in [4.78, 5) is 37.2. The number of aryl methyl sites for hydroxylation is 1. The van der Waals surface area contributed by atoms with E-state index in [1.165, 1.54) is 12.1 Å². The average Bonchev–Trinajstić information content (AvgIpc) is 3.10. The molecule has 1 aliphatic heterocycles. The van der Waals surface area contributed by atoms with E-state index in [-0.39, 0.29) is 30.0 Å². The van der Waals surface area contributed by atoms with Crippen LogP contribution in [-0.4, -0.2) is 43.0 Å². The molecule has 0 radical (unpaired) electrons. The standard InChI is InChI=1S/C25H24FN5O2/c1-17-21(9-3-11-27-17)24(32)29-13-5-8-20(16-29)31-23-22(10-4-12-28-23)30(25(31)33)15-18-6-2-7-19(26)14-18/h2-4,6-7,9-12,14,20H,5,8,13,15-16H2,1H3/t20-/m0/s1. The van der Waals surface area contributed by atoms with E-state index in [0.717, 1.165) is 12.8 Å². The first-order valence-corrected chi connectivity index (χ1v) is 11.0. The quantitative estimate of drug-likeness (QED) is 0.482. The highest BCUT2D eigenvalue weighted by atomic mass is 19.1. The molecule has 7 nitrogen and oxygen atoms in total. The third-order valence-corrected chi connectivity index (χ3v) is 6.24. The number of fused-ring (bicyclic) bond motifs is 1. The molecule has 1 saturated heterocycles. The number of benzene rings is 1. The predicted molar refractivity (Wildman–Crippen MR) is 123 cm³/mol. The number of halogens is 1. The first kappa shape index (κ1) is 21.1. The van der Waals surface area contributed by atoms with E-state index in [1.807, 2.05) is 13.0 Å². The van der Waals surface area contributed by atoms with Crippen molar-refractivity contribution in [2.24, 2.45) is 0 Å². The molecule has 1 aliphatic rings. The van der Waals surface area contributed by atoms with E-state index in [4.69, 9.17) is 0 Å². The van der Waals surface area contributed by atoms with Gasteiger partial charge in [0.1, 0.15) is 5.82 Å². The van der Waals surface area contributed by atoms with Crippen LogP contribution < -0.4 is 5.69 Å². The first-order chi connectivity index (χ1) is 16.0. The summed E-state index contributed by atoms with van der Waals surface area (Å²) in [6, 6.07) is 13.2. The normalized spacial score (nSPS) is 16.3. The summed E-state index contributed by atoms with van der Waals surface area (Å²) in [7, 11) is 0. The molecule has 0 N–H and O–H groups in total. The predicted octanol–water partition coefficient (Wildman–Crippen LogP) is 3.57. The highest BCUT2D eigenvalue weighted by Crippen LogP contribution is 2.26. The van der Waals surface area contributed by atoms with Crippen molar-refractivity contribution < 1.29 is 9.18 Å². The molecular formula is C25H24FN5O2. The molecule has 0 aliphatic carbocycles. The molecular weight excluding hydrogens is 421 g/mol. The van der Waals surface area contributed by atoms with E-state index in [1.54, 1.807) is 56.8 Å². The molecule has 0 saturated carbocycles. The molecule has 4 aromatic rings. The van der Waals surface area contributed by atoms with Gasteiger partial charge in [-0.15, -0.1) is 0 Å². The summed E-state index contributed by atoms with van der Waals surface area (Å²) in [5.41, 5.74) is 3.04. The number of carbonyl (C=O) groups is 1. The lowest BCUT2D eigenvalue weighted by atomic mass is 10.0. The third kappa shape index (κ3) is 3.92. The largest absolute Gasteiger partial charge is 0.337 e. The molecule has 1 amide bonds. The summed E-state index contributed by atoms with van der Waals surface area (Å²) >= 11 is 0. The van der Waals surface area contributed by atoms with Crippen LogP contribution in [0.25, 0.3) is 11.2 Å². The lowest BCUT2D eigenvalue weighted by molar-refractivity contribution is 0.0678. The van der Waals surface area contributed by atoms with E-state index >= 15 is 0 Å². The van der Waals surface area contributed by atoms with Gasteiger partial charge in [0.05, 0.1) is 23.7 Å². The maximum atomic E-state index is 13.7. The SMILES string of the molecule is Cc1ncccc1C(=O)N1CCC[C@H](n2c(=O)n(Cc3cccc(F)c3)c3cccnc32)C1. The van der Waals surface area contributed by atoms with Crippen molar-refractivity contribution in [3.63, 3.8) is 0 Å². The number of likely N-dealkylation sites (tertiary alicyclic amines) is 1. The Morgan fingerprint density at radius 3 is 2.76 bits per heavy atom. The zero-order chi connectivity index (χ0) is 22.9. The third-order valence-electron chi connectivity index (χ3n) is 6.24. The Morgan fingerprint density at radius 2 is 1.94 bits per heavy atom. The van der Waals surface area contributed by atoms with Gasteiger partial charge in [-0.3, -0.25) is 18.9 Å². The maximum absolute atomic E-state index is 13.7. The number of pyridine rings is 2. The minimum Gasteiger partial charge on any atom is -0.337 e. The number of hydrogen-bond donors (Lipinski definition) is 0. The molecule has 1 fully saturated rings. The van der Waals surface area contributed by atoms with Gasteiger partial charge in [0, 0.05) is 31.2 Å². The fourth-order valence-corrected chi connectivity index (χ4v) is 4.64. The Bertz CT molecular complexity index is 1390. The summed E-state index contributed by atoms with van der Waals surface area (Å²) in [6.45, 7) is 3.12. The molecule has 1 atom stereocenters. The number of rotatable bonds is 4. The number of hydrogen-bond acceptors (Lipinski definition) is 4. The Labute approximate surface area is 190 Å². The Balaban J connectivity index is 1.51. The lowest BCUT2D eigenvalue weighted by Crippen LogP contribution is -2.43. The van der Waals surface area contributed by atoms with Gasteiger partial charge in [-0.2, -0.15) is 0 Å². The molecule has 0 bridgehead atoms.